The molecular weight excluding hydrogens is 500 g/mol. The number of amides is 2. The van der Waals surface area contributed by atoms with E-state index in [0.717, 1.165) is 22.0 Å². The first-order chi connectivity index (χ1) is 18.5. The number of piperazine rings is 1. The van der Waals surface area contributed by atoms with Crippen molar-refractivity contribution >= 4 is 40.4 Å². The molecule has 3 aliphatic rings. The average molecular weight is 531 g/mol. The van der Waals surface area contributed by atoms with Gasteiger partial charge in [0, 0.05) is 44.4 Å². The molecule has 9 heteroatoms. The Labute approximate surface area is 226 Å². The standard InChI is InChI=1S/C29H30N4O4S/c1-3-37-28(36)25-26(21-10-6-4-7-11-21)30-29-33(27(25)22-12-8-5-9-13-22)23(19-38-29)18-24(35)32-16-14-31(15-17-32)20(2)34/h4-13,19,27H,3,14-18H2,1-2H3. The van der Waals surface area contributed by atoms with Crippen LogP contribution in [0.5, 0.6) is 0 Å². The Bertz CT molecular complexity index is 1310. The lowest BCUT2D eigenvalue weighted by Crippen LogP contribution is -2.50. The third kappa shape index (κ3) is 5.11. The van der Waals surface area contributed by atoms with Crippen LogP contribution in [0.15, 0.2) is 82.3 Å². The molecule has 0 bridgehead atoms. The fourth-order valence-corrected chi connectivity index (χ4v) is 5.90. The van der Waals surface area contributed by atoms with Gasteiger partial charge in [0.25, 0.3) is 0 Å². The quantitative estimate of drug-likeness (QED) is 0.525. The van der Waals surface area contributed by atoms with E-state index in [2.05, 4.69) is 0 Å². The van der Waals surface area contributed by atoms with Crippen molar-refractivity contribution < 1.29 is 19.1 Å². The molecule has 196 valence electrons. The first-order valence-electron chi connectivity index (χ1n) is 12.8. The predicted molar refractivity (Wildman–Crippen MR) is 148 cm³/mol. The van der Waals surface area contributed by atoms with E-state index in [-0.39, 0.29) is 24.8 Å². The number of carbonyl (C=O) groups excluding carboxylic acids is 3. The maximum atomic E-state index is 13.5. The zero-order valence-electron chi connectivity index (χ0n) is 21.5. The Hall–Kier alpha value is -3.85. The molecule has 2 aromatic rings. The molecule has 8 nitrogen and oxygen atoms in total. The van der Waals surface area contributed by atoms with Crippen molar-refractivity contribution in [1.82, 2.24) is 14.7 Å². The van der Waals surface area contributed by atoms with Crippen LogP contribution >= 0.6 is 11.8 Å². The number of fused-ring (bicyclic) bond motifs is 1. The maximum absolute atomic E-state index is 13.5. The van der Waals surface area contributed by atoms with Gasteiger partial charge >= 0.3 is 5.97 Å². The van der Waals surface area contributed by atoms with Gasteiger partial charge in [-0.2, -0.15) is 0 Å². The molecule has 3 heterocycles. The van der Waals surface area contributed by atoms with Crippen molar-refractivity contribution in [3.63, 3.8) is 0 Å². The summed E-state index contributed by atoms with van der Waals surface area (Å²) in [4.78, 5) is 49.1. The monoisotopic (exact) mass is 530 g/mol. The maximum Gasteiger partial charge on any atom is 0.338 e. The van der Waals surface area contributed by atoms with Gasteiger partial charge in [-0.05, 0) is 17.9 Å². The van der Waals surface area contributed by atoms with Gasteiger partial charge in [0.05, 0.1) is 30.3 Å². The van der Waals surface area contributed by atoms with E-state index < -0.39 is 12.0 Å². The molecule has 3 aliphatic heterocycles. The summed E-state index contributed by atoms with van der Waals surface area (Å²) < 4.78 is 5.55. The van der Waals surface area contributed by atoms with Crippen molar-refractivity contribution in [2.75, 3.05) is 32.8 Å². The molecule has 0 spiro atoms. The molecule has 2 aromatic carbocycles. The van der Waals surface area contributed by atoms with E-state index in [0.29, 0.717) is 37.4 Å². The molecule has 0 saturated carbocycles. The van der Waals surface area contributed by atoms with Gasteiger partial charge in [-0.1, -0.05) is 72.4 Å². The van der Waals surface area contributed by atoms with Gasteiger partial charge in [0.2, 0.25) is 11.8 Å². The lowest BCUT2D eigenvalue weighted by Gasteiger charge is -2.38. The number of aliphatic imine (C=N–C) groups is 1. The second-order valence-corrected chi connectivity index (χ2v) is 10.1. The third-order valence-corrected chi connectivity index (χ3v) is 7.77. The summed E-state index contributed by atoms with van der Waals surface area (Å²) in [5.41, 5.74) is 3.56. The van der Waals surface area contributed by atoms with Gasteiger partial charge < -0.3 is 19.4 Å². The van der Waals surface area contributed by atoms with E-state index in [9.17, 15) is 14.4 Å². The minimum absolute atomic E-state index is 0.0105. The molecule has 1 fully saturated rings. The molecule has 1 unspecified atom stereocenters. The van der Waals surface area contributed by atoms with Crippen LogP contribution in [-0.2, 0) is 19.1 Å². The van der Waals surface area contributed by atoms with Crippen molar-refractivity contribution in [3.8, 4) is 0 Å². The van der Waals surface area contributed by atoms with E-state index in [1.54, 1.807) is 23.6 Å². The fourth-order valence-electron chi connectivity index (χ4n) is 4.98. The Kier molecular flexibility index (Phi) is 7.64. The summed E-state index contributed by atoms with van der Waals surface area (Å²) in [6.07, 6.45) is 0.173. The average Bonchev–Trinajstić information content (AvgIpc) is 3.35. The first kappa shape index (κ1) is 25.8. The summed E-state index contributed by atoms with van der Waals surface area (Å²) in [6, 6.07) is 18.9. The zero-order chi connectivity index (χ0) is 26.6. The van der Waals surface area contributed by atoms with E-state index >= 15 is 0 Å². The minimum Gasteiger partial charge on any atom is -0.463 e. The first-order valence-corrected chi connectivity index (χ1v) is 13.6. The Morgan fingerprint density at radius 1 is 0.947 bits per heavy atom. The fraction of sp³-hybridized carbons (Fsp3) is 0.310. The van der Waals surface area contributed by atoms with Crippen LogP contribution in [0, 0.1) is 0 Å². The van der Waals surface area contributed by atoms with Crippen LogP contribution in [0.1, 0.15) is 37.4 Å². The molecule has 38 heavy (non-hydrogen) atoms. The van der Waals surface area contributed by atoms with Gasteiger partial charge in [-0.3, -0.25) is 9.59 Å². The number of benzene rings is 2. The van der Waals surface area contributed by atoms with E-state index in [1.165, 1.54) is 11.8 Å². The number of esters is 1. The van der Waals surface area contributed by atoms with Gasteiger partial charge in [0.1, 0.15) is 0 Å². The molecule has 0 N–H and O–H groups in total. The molecule has 5 rings (SSSR count). The van der Waals surface area contributed by atoms with Crippen molar-refractivity contribution in [1.29, 1.82) is 0 Å². The Balaban J connectivity index is 1.50. The third-order valence-electron chi connectivity index (χ3n) is 6.88. The molecule has 0 aromatic heterocycles. The molecule has 0 aliphatic carbocycles. The normalized spacial score (nSPS) is 19.1. The number of nitrogens with zero attached hydrogens (tertiary/aromatic N) is 4. The Morgan fingerprint density at radius 3 is 2.21 bits per heavy atom. The highest BCUT2D eigenvalue weighted by Gasteiger charge is 2.42. The van der Waals surface area contributed by atoms with Crippen molar-refractivity contribution in [3.05, 3.63) is 88.5 Å². The second-order valence-electron chi connectivity index (χ2n) is 9.22. The van der Waals surface area contributed by atoms with Crippen LogP contribution in [-0.4, -0.2) is 70.4 Å². The number of ether oxygens (including phenoxy) is 1. The number of hydrogen-bond acceptors (Lipinski definition) is 7. The van der Waals surface area contributed by atoms with Crippen LogP contribution in [0.3, 0.4) is 0 Å². The Morgan fingerprint density at radius 2 is 1.58 bits per heavy atom. The summed E-state index contributed by atoms with van der Waals surface area (Å²) in [5.74, 6) is -0.408. The highest BCUT2D eigenvalue weighted by Crippen LogP contribution is 2.47. The number of hydrogen-bond donors (Lipinski definition) is 0. The van der Waals surface area contributed by atoms with Crippen molar-refractivity contribution in [2.45, 2.75) is 26.3 Å². The molecular formula is C29H30N4O4S. The number of rotatable bonds is 6. The van der Waals surface area contributed by atoms with Crippen molar-refractivity contribution in [2.24, 2.45) is 4.99 Å². The van der Waals surface area contributed by atoms with Gasteiger partial charge in [-0.25, -0.2) is 9.79 Å². The molecule has 1 atom stereocenters. The SMILES string of the molecule is CCOC(=O)C1=C(c2ccccc2)N=C2SC=C(CC(=O)N3CCN(C(C)=O)CC3)N2C1c1ccccc1. The molecule has 1 saturated heterocycles. The van der Waals surface area contributed by atoms with Crippen LogP contribution in [0.2, 0.25) is 0 Å². The largest absolute Gasteiger partial charge is 0.463 e. The van der Waals surface area contributed by atoms with E-state index in [1.807, 2.05) is 71.0 Å². The van der Waals surface area contributed by atoms with Gasteiger partial charge in [-0.15, -0.1) is 0 Å². The number of thioether (sulfide) groups is 1. The van der Waals surface area contributed by atoms with E-state index in [4.69, 9.17) is 9.73 Å². The topological polar surface area (TPSA) is 82.5 Å². The molecule has 0 radical (unpaired) electrons. The highest BCUT2D eigenvalue weighted by atomic mass is 32.2. The van der Waals surface area contributed by atoms with Crippen LogP contribution in [0.4, 0.5) is 0 Å². The van der Waals surface area contributed by atoms with Crippen LogP contribution < -0.4 is 0 Å². The summed E-state index contributed by atoms with van der Waals surface area (Å²) in [5, 5.41) is 2.67. The second kappa shape index (κ2) is 11.3. The predicted octanol–water partition coefficient (Wildman–Crippen LogP) is 4.04. The van der Waals surface area contributed by atoms with Crippen LogP contribution in [0.25, 0.3) is 5.70 Å². The summed E-state index contributed by atoms with van der Waals surface area (Å²) in [6.45, 7) is 5.67. The number of amidine groups is 1. The smallest absolute Gasteiger partial charge is 0.338 e. The minimum atomic E-state index is -0.499. The number of carbonyl (C=O) groups is 3. The molecule has 2 amide bonds. The lowest BCUT2D eigenvalue weighted by atomic mass is 9.91. The summed E-state index contributed by atoms with van der Waals surface area (Å²) >= 11 is 1.46. The van der Waals surface area contributed by atoms with Gasteiger partial charge in [0.15, 0.2) is 5.17 Å². The zero-order valence-corrected chi connectivity index (χ0v) is 22.3. The lowest BCUT2D eigenvalue weighted by molar-refractivity contribution is -0.139. The highest BCUT2D eigenvalue weighted by molar-refractivity contribution is 8.16. The summed E-state index contributed by atoms with van der Waals surface area (Å²) in [7, 11) is 0.